The smallest absolute Gasteiger partial charge is 1.00 e. The number of hydrogen-bond donors (Lipinski definition) is 2. The number of rotatable bonds is 8. The number of ether oxygens (including phenoxy) is 5. The van der Waals surface area contributed by atoms with Crippen molar-refractivity contribution >= 4 is 142 Å². The number of benzene rings is 3. The molecule has 0 spiro atoms. The van der Waals surface area contributed by atoms with Crippen molar-refractivity contribution < 1.29 is 172 Å². The number of fused-ring (bicyclic) bond motifs is 2. The van der Waals surface area contributed by atoms with E-state index in [0.29, 0.717) is 20.7 Å². The van der Waals surface area contributed by atoms with Crippen LogP contribution in [0.4, 0.5) is 5.69 Å². The van der Waals surface area contributed by atoms with Crippen LogP contribution in [0.5, 0.6) is 17.2 Å². The van der Waals surface area contributed by atoms with E-state index in [0.717, 1.165) is 21.2 Å². The summed E-state index contributed by atoms with van der Waals surface area (Å²) in [5, 5.41) is 30.3. The summed E-state index contributed by atoms with van der Waals surface area (Å²) >= 11 is 15.5. The second-order valence-electron chi connectivity index (χ2n) is 9.23. The van der Waals surface area contributed by atoms with Crippen LogP contribution in [0.2, 0.25) is 0 Å². The molecule has 3 aromatic carbocycles. The summed E-state index contributed by atoms with van der Waals surface area (Å²) in [6, 6.07) is 18.8. The van der Waals surface area contributed by atoms with Crippen LogP contribution < -0.4 is 118 Å². The maximum atomic E-state index is 11.3. The van der Waals surface area contributed by atoms with Gasteiger partial charge < -0.3 is 40.4 Å². The van der Waals surface area contributed by atoms with Gasteiger partial charge in [0.2, 0.25) is 0 Å². The van der Waals surface area contributed by atoms with E-state index in [2.05, 4.69) is 79.0 Å². The van der Waals surface area contributed by atoms with E-state index in [1.54, 1.807) is 25.3 Å². The first-order chi connectivity index (χ1) is 26.6. The predicted octanol–water partition coefficient (Wildman–Crippen LogP) is 1.94. The molecule has 0 aliphatic rings. The number of carbonyl (C=O) groups is 5. The molecule has 0 atom stereocenters. The average Bonchev–Trinajstić information content (AvgIpc) is 3.86. The number of para-hydroxylation sites is 1. The van der Waals surface area contributed by atoms with Crippen molar-refractivity contribution in [3.05, 3.63) is 92.2 Å². The predicted molar refractivity (Wildman–Crippen MR) is 233 cm³/mol. The summed E-state index contributed by atoms with van der Waals surface area (Å²) in [7, 11) is 6.98. The number of thiol groups is 1. The van der Waals surface area contributed by atoms with Gasteiger partial charge in [-0.1, -0.05) is 37.8 Å². The molecule has 0 saturated heterocycles. The first kappa shape index (κ1) is 64.6. The number of phenolic OH excluding ortho intramolecular Hbond substituents is 1. The van der Waals surface area contributed by atoms with Crippen molar-refractivity contribution in [2.24, 2.45) is 0 Å². The van der Waals surface area contributed by atoms with Crippen LogP contribution >= 0.6 is 82.6 Å². The van der Waals surface area contributed by atoms with Gasteiger partial charge in [0.25, 0.3) is 6.47 Å². The molecule has 0 aliphatic heterocycles. The van der Waals surface area contributed by atoms with Crippen LogP contribution in [-0.4, -0.2) is 85.2 Å². The molecule has 2 heterocycles. The fourth-order valence-corrected chi connectivity index (χ4v) is 5.89. The van der Waals surface area contributed by atoms with Crippen molar-refractivity contribution in [3.63, 3.8) is 0 Å². The van der Waals surface area contributed by atoms with E-state index in [4.69, 9.17) is 19.5 Å². The number of halogens is 3. The summed E-state index contributed by atoms with van der Waals surface area (Å²) in [4.78, 5) is 65.1. The number of methoxy groups -OCH3 is 5. The number of nitrogens with zero attached hydrogens (tertiary/aromatic N) is 1. The Bertz CT molecular complexity index is 2040. The first-order valence-corrected chi connectivity index (χ1v) is 19.7. The fourth-order valence-electron chi connectivity index (χ4n) is 3.71. The second kappa shape index (κ2) is 37.6. The maximum absolute atomic E-state index is 11.3. The Balaban J connectivity index is -0.000000212. The molecule has 0 amide bonds. The molecule has 1 N–H and O–H groups in total. The number of aldehydes is 1. The van der Waals surface area contributed by atoms with Crippen LogP contribution in [0.3, 0.4) is 0 Å². The van der Waals surface area contributed by atoms with Gasteiger partial charge >= 0.3 is 130 Å². The molecule has 0 aliphatic carbocycles. The van der Waals surface area contributed by atoms with E-state index in [1.165, 1.54) is 69.3 Å². The third kappa shape index (κ3) is 24.4. The minimum absolute atomic E-state index is 0. The van der Waals surface area contributed by atoms with Crippen LogP contribution in [0, 0.1) is 10.1 Å². The van der Waals surface area contributed by atoms with E-state index in [1.807, 2.05) is 30.3 Å². The molecule has 0 saturated carbocycles. The first-order valence-electron chi connectivity index (χ1n) is 14.7. The molecular formula is C34H37BBr3K2NO15S3. The number of esters is 3. The SMILES string of the molecule is BrB(Br)Br.C.COC(=O)CS.COC(=O)c1cc2cccc(O)c2s1.COC(=O)c1cc2cccc(OC)c2s1.COc1cccc(C=O)c1[N+](=O)[O-].O=CO[O-].[H-].[K+].[K+]. The van der Waals surface area contributed by atoms with Crippen LogP contribution in [0.15, 0.2) is 66.7 Å². The van der Waals surface area contributed by atoms with E-state index in [-0.39, 0.29) is 168 Å². The second-order valence-corrected chi connectivity index (χ2v) is 18.1. The zero-order valence-electron chi connectivity index (χ0n) is 32.8. The van der Waals surface area contributed by atoms with E-state index >= 15 is 0 Å². The molecule has 2 aromatic heterocycles. The fraction of sp³-hybridized carbons (Fsp3) is 0.206. The Labute approximate surface area is 465 Å². The Morgan fingerprint density at radius 2 is 1.24 bits per heavy atom. The summed E-state index contributed by atoms with van der Waals surface area (Å²) < 4.78 is 25.4. The molecule has 0 unspecified atom stereocenters. The molecule has 59 heavy (non-hydrogen) atoms. The van der Waals surface area contributed by atoms with Crippen molar-refractivity contribution in [3.8, 4) is 17.2 Å². The monoisotopic (exact) mass is 1120 g/mol. The number of phenols is 1. The van der Waals surface area contributed by atoms with Gasteiger partial charge in [-0.3, -0.25) is 24.5 Å². The minimum atomic E-state index is -0.636. The topological polar surface area (TPSA) is 227 Å². The quantitative estimate of drug-likeness (QED) is 0.0331. The Morgan fingerprint density at radius 3 is 1.59 bits per heavy atom. The van der Waals surface area contributed by atoms with Crippen LogP contribution in [0.25, 0.3) is 20.2 Å². The Kier molecular flexibility index (Phi) is 41.2. The summed E-state index contributed by atoms with van der Waals surface area (Å²) in [5.74, 6) is 0.267. The number of carbonyl (C=O) groups excluding carboxylic acids is 5. The number of hydrogen-bond acceptors (Lipinski definition) is 18. The summed E-state index contributed by atoms with van der Waals surface area (Å²) in [5.41, 5.74) is -0.274. The van der Waals surface area contributed by atoms with Crippen molar-refractivity contribution in [2.45, 2.75) is 7.43 Å². The maximum Gasteiger partial charge on any atom is 1.00 e. The molecule has 312 valence electrons. The van der Waals surface area contributed by atoms with Crippen LogP contribution in [-0.2, 0) is 28.7 Å². The Hall–Kier alpha value is -0.982. The van der Waals surface area contributed by atoms with Crippen LogP contribution in [0.1, 0.15) is 38.6 Å². The van der Waals surface area contributed by atoms with E-state index < -0.39 is 4.92 Å². The average molecular weight is 1120 g/mol. The van der Waals surface area contributed by atoms with Gasteiger partial charge in [0, 0.05) is 0 Å². The molecule has 25 heteroatoms. The minimum Gasteiger partial charge on any atom is -1.00 e. The molecule has 0 radical (unpaired) electrons. The molecule has 16 nitrogen and oxygen atoms in total. The molecular weight excluding hydrogens is 1090 g/mol. The normalized spacial score (nSPS) is 8.71. The molecule has 5 rings (SSSR count). The van der Waals surface area contributed by atoms with Gasteiger partial charge in [-0.05, 0) is 47.2 Å². The molecule has 0 bridgehead atoms. The van der Waals surface area contributed by atoms with Crippen molar-refractivity contribution in [1.82, 2.24) is 0 Å². The van der Waals surface area contributed by atoms with Gasteiger partial charge in [-0.2, -0.15) is 12.6 Å². The largest absolute Gasteiger partial charge is 1.00 e. The zero-order valence-corrected chi connectivity index (χ0v) is 45.3. The number of nitro benzene ring substituents is 1. The van der Waals surface area contributed by atoms with Gasteiger partial charge in [0.15, 0.2) is 12.0 Å². The molecule has 0 fully saturated rings. The van der Waals surface area contributed by atoms with Gasteiger partial charge in [0.1, 0.15) is 21.3 Å². The third-order valence-corrected chi connectivity index (χ3v) is 8.54. The summed E-state index contributed by atoms with van der Waals surface area (Å²) in [6.07, 6.45) is 0.431. The summed E-state index contributed by atoms with van der Waals surface area (Å²) in [6.45, 7) is -0.181. The number of aromatic hydroxyl groups is 1. The van der Waals surface area contributed by atoms with Gasteiger partial charge in [0.05, 0.1) is 61.2 Å². The van der Waals surface area contributed by atoms with Crippen molar-refractivity contribution in [2.75, 3.05) is 41.3 Å². The zero-order chi connectivity index (χ0) is 42.8. The third-order valence-electron chi connectivity index (χ3n) is 5.98. The van der Waals surface area contributed by atoms with Crippen molar-refractivity contribution in [1.29, 1.82) is 0 Å². The van der Waals surface area contributed by atoms with Gasteiger partial charge in [-0.25, -0.2) is 9.59 Å². The van der Waals surface area contributed by atoms with Gasteiger partial charge in [-0.15, -0.1) is 69.9 Å². The Morgan fingerprint density at radius 1 is 0.814 bits per heavy atom. The number of nitro groups is 1. The number of thiophene rings is 2. The standard InChI is InChI=1S/C11H10O3S.C10H8O3S.C8H7NO4.C3H6O2S.CH2O3.CH4.BBr3.2K.H/c1-13-8-5-3-4-7-6-9(11(12)14-2)15-10(7)8;1-13-10(12)8-5-6-3-2-4-7(11)9(6)14-8;1-13-7-4-2-3-6(5-10)8(7)9(11)12;1-5-3(4)2-6;2-1-4-3;;2-1(3)4;;;/h3-6H,1-2H3;2-5,11H,1H3;2-5H,1H3;6H,2H2,1H3;1,3H;1H4;;;;/q;;;;;;;2*+1;-1/p-1. The molecule has 5 aromatic rings. The van der Waals surface area contributed by atoms with E-state index in [9.17, 15) is 34.4 Å².